The molecular formula is C27H35N5O2. The molecule has 7 nitrogen and oxygen atoms in total. The predicted octanol–water partition coefficient (Wildman–Crippen LogP) is 3.87. The van der Waals surface area contributed by atoms with E-state index in [1.807, 2.05) is 30.5 Å². The van der Waals surface area contributed by atoms with E-state index >= 15 is 0 Å². The number of fused-ring (bicyclic) bond motifs is 1. The Balaban J connectivity index is 1.31. The Labute approximate surface area is 201 Å². The van der Waals surface area contributed by atoms with Crippen LogP contribution in [0.15, 0.2) is 42.6 Å². The molecule has 180 valence electrons. The summed E-state index contributed by atoms with van der Waals surface area (Å²) in [5.74, 6) is 2.27. The highest BCUT2D eigenvalue weighted by Gasteiger charge is 2.33. The lowest BCUT2D eigenvalue weighted by Crippen LogP contribution is -2.51. The van der Waals surface area contributed by atoms with Gasteiger partial charge in [0.2, 0.25) is 5.91 Å². The molecule has 0 aliphatic carbocycles. The van der Waals surface area contributed by atoms with Crippen molar-refractivity contribution in [2.75, 3.05) is 33.8 Å². The Kier molecular flexibility index (Phi) is 6.81. The number of imidazole rings is 1. The molecule has 7 heteroatoms. The summed E-state index contributed by atoms with van der Waals surface area (Å²) >= 11 is 0. The van der Waals surface area contributed by atoms with Crippen LogP contribution in [0.4, 0.5) is 0 Å². The second-order valence-electron chi connectivity index (χ2n) is 9.64. The monoisotopic (exact) mass is 461 g/mol. The summed E-state index contributed by atoms with van der Waals surface area (Å²) in [6, 6.07) is 12.6. The maximum Gasteiger partial charge on any atom is 0.239 e. The molecule has 0 N–H and O–H groups in total. The number of aromatic nitrogens is 3. The Morgan fingerprint density at radius 1 is 1.06 bits per heavy atom. The van der Waals surface area contributed by atoms with Gasteiger partial charge in [-0.1, -0.05) is 18.6 Å². The minimum Gasteiger partial charge on any atom is -0.497 e. The molecule has 1 atom stereocenters. The van der Waals surface area contributed by atoms with Gasteiger partial charge >= 0.3 is 0 Å². The highest BCUT2D eigenvalue weighted by atomic mass is 16.5. The van der Waals surface area contributed by atoms with Gasteiger partial charge in [0, 0.05) is 31.7 Å². The minimum absolute atomic E-state index is 0.0551. The standard InChI is InChI=1S/C27H35N5O2/c1-30-16-4-3-10-24(30)27(33)31-17-13-21(14-18-31)32-25(29-23-9-6-15-28-26(23)32)12-11-20-7-5-8-22(19-20)34-2/h5-9,15,19,21,24H,3-4,10-14,16-18H2,1-2H3/t24-/m0/s1. The van der Waals surface area contributed by atoms with E-state index in [1.54, 1.807) is 7.11 Å². The van der Waals surface area contributed by atoms with E-state index in [0.717, 1.165) is 80.9 Å². The van der Waals surface area contributed by atoms with Gasteiger partial charge in [0.25, 0.3) is 0 Å². The number of benzene rings is 1. The van der Waals surface area contributed by atoms with Crippen molar-refractivity contribution in [1.29, 1.82) is 0 Å². The van der Waals surface area contributed by atoms with Crippen LogP contribution in [0.25, 0.3) is 11.2 Å². The van der Waals surface area contributed by atoms with Gasteiger partial charge in [0.05, 0.1) is 13.2 Å². The highest BCUT2D eigenvalue weighted by Crippen LogP contribution is 2.30. The Hall–Kier alpha value is -2.93. The zero-order chi connectivity index (χ0) is 23.5. The molecule has 0 saturated carbocycles. The molecule has 2 fully saturated rings. The third-order valence-electron chi connectivity index (χ3n) is 7.49. The van der Waals surface area contributed by atoms with Crippen molar-refractivity contribution in [1.82, 2.24) is 24.3 Å². The van der Waals surface area contributed by atoms with Gasteiger partial charge in [-0.2, -0.15) is 0 Å². The number of piperidine rings is 2. The molecule has 4 heterocycles. The molecule has 2 aromatic heterocycles. The second-order valence-corrected chi connectivity index (χ2v) is 9.64. The number of aryl methyl sites for hydroxylation is 2. The van der Waals surface area contributed by atoms with Gasteiger partial charge in [-0.3, -0.25) is 9.69 Å². The van der Waals surface area contributed by atoms with Crippen molar-refractivity contribution in [3.63, 3.8) is 0 Å². The van der Waals surface area contributed by atoms with Crippen LogP contribution in [-0.2, 0) is 17.6 Å². The van der Waals surface area contributed by atoms with Crippen LogP contribution in [0.1, 0.15) is 49.5 Å². The number of likely N-dealkylation sites (tertiary alicyclic amines) is 2. The third-order valence-corrected chi connectivity index (χ3v) is 7.49. The van der Waals surface area contributed by atoms with Crippen LogP contribution in [0.2, 0.25) is 0 Å². The molecular weight excluding hydrogens is 426 g/mol. The summed E-state index contributed by atoms with van der Waals surface area (Å²) in [7, 11) is 3.79. The van der Waals surface area contributed by atoms with Crippen molar-refractivity contribution >= 4 is 17.1 Å². The predicted molar refractivity (Wildman–Crippen MR) is 133 cm³/mol. The lowest BCUT2D eigenvalue weighted by molar-refractivity contribution is -0.139. The number of rotatable bonds is 6. The van der Waals surface area contributed by atoms with Crippen molar-refractivity contribution in [3.8, 4) is 5.75 Å². The fraction of sp³-hybridized carbons (Fsp3) is 0.519. The van der Waals surface area contributed by atoms with Crippen LogP contribution in [0.5, 0.6) is 5.75 Å². The topological polar surface area (TPSA) is 63.5 Å². The average Bonchev–Trinajstić information content (AvgIpc) is 3.26. The number of hydrogen-bond donors (Lipinski definition) is 0. The van der Waals surface area contributed by atoms with Crippen molar-refractivity contribution in [3.05, 3.63) is 54.0 Å². The summed E-state index contributed by atoms with van der Waals surface area (Å²) in [6.45, 7) is 2.63. The van der Waals surface area contributed by atoms with Crippen molar-refractivity contribution in [2.24, 2.45) is 0 Å². The first kappa shape index (κ1) is 22.8. The number of nitrogens with zero attached hydrogens (tertiary/aromatic N) is 5. The first-order valence-corrected chi connectivity index (χ1v) is 12.6. The van der Waals surface area contributed by atoms with Gasteiger partial charge < -0.3 is 14.2 Å². The van der Waals surface area contributed by atoms with E-state index in [-0.39, 0.29) is 6.04 Å². The second kappa shape index (κ2) is 10.1. The molecule has 3 aromatic rings. The molecule has 0 bridgehead atoms. The molecule has 5 rings (SSSR count). The van der Waals surface area contributed by atoms with Gasteiger partial charge in [-0.15, -0.1) is 0 Å². The number of carbonyl (C=O) groups excluding carboxylic acids is 1. The van der Waals surface area contributed by atoms with Gasteiger partial charge in [0.15, 0.2) is 5.65 Å². The summed E-state index contributed by atoms with van der Waals surface area (Å²) in [5, 5.41) is 0. The number of pyridine rings is 1. The number of likely N-dealkylation sites (N-methyl/N-ethyl adjacent to an activating group) is 1. The van der Waals surface area contributed by atoms with E-state index in [2.05, 4.69) is 33.5 Å². The average molecular weight is 462 g/mol. The molecule has 0 radical (unpaired) electrons. The van der Waals surface area contributed by atoms with Gasteiger partial charge in [0.1, 0.15) is 17.1 Å². The smallest absolute Gasteiger partial charge is 0.239 e. The van der Waals surface area contributed by atoms with Crippen LogP contribution < -0.4 is 4.74 Å². The minimum atomic E-state index is 0.0551. The summed E-state index contributed by atoms with van der Waals surface area (Å²) in [6.07, 6.45) is 8.81. The van der Waals surface area contributed by atoms with Crippen LogP contribution >= 0.6 is 0 Å². The lowest BCUT2D eigenvalue weighted by Gasteiger charge is -2.39. The maximum absolute atomic E-state index is 13.2. The van der Waals surface area contributed by atoms with E-state index in [9.17, 15) is 4.79 Å². The SMILES string of the molecule is COc1cccc(CCc2nc3cccnc3n2C2CCN(C(=O)[C@@H]3CCCCN3C)CC2)c1. The Morgan fingerprint density at radius 2 is 1.91 bits per heavy atom. The molecule has 0 spiro atoms. The van der Waals surface area contributed by atoms with Crippen LogP contribution in [0, 0.1) is 0 Å². The number of methoxy groups -OCH3 is 1. The molecule has 1 aromatic carbocycles. The Morgan fingerprint density at radius 3 is 2.71 bits per heavy atom. The number of amides is 1. The van der Waals surface area contributed by atoms with Crippen LogP contribution in [-0.4, -0.2) is 70.1 Å². The number of carbonyl (C=O) groups is 1. The van der Waals surface area contributed by atoms with E-state index in [1.165, 1.54) is 12.0 Å². The first-order chi connectivity index (χ1) is 16.6. The van der Waals surface area contributed by atoms with E-state index in [4.69, 9.17) is 14.7 Å². The van der Waals surface area contributed by atoms with Gasteiger partial charge in [-0.25, -0.2) is 9.97 Å². The zero-order valence-electron chi connectivity index (χ0n) is 20.3. The molecule has 2 aliphatic heterocycles. The molecule has 2 aliphatic rings. The van der Waals surface area contributed by atoms with Gasteiger partial charge in [-0.05, 0) is 75.5 Å². The maximum atomic E-state index is 13.2. The highest BCUT2D eigenvalue weighted by molar-refractivity contribution is 5.82. The summed E-state index contributed by atoms with van der Waals surface area (Å²) in [4.78, 5) is 27.2. The first-order valence-electron chi connectivity index (χ1n) is 12.6. The normalized spacial score (nSPS) is 20.1. The molecule has 0 unspecified atom stereocenters. The third kappa shape index (κ3) is 4.67. The fourth-order valence-corrected chi connectivity index (χ4v) is 5.56. The zero-order valence-corrected chi connectivity index (χ0v) is 20.3. The largest absolute Gasteiger partial charge is 0.497 e. The summed E-state index contributed by atoms with van der Waals surface area (Å²) < 4.78 is 7.74. The molecule has 34 heavy (non-hydrogen) atoms. The number of hydrogen-bond acceptors (Lipinski definition) is 5. The van der Waals surface area contributed by atoms with E-state index < -0.39 is 0 Å². The fourth-order valence-electron chi connectivity index (χ4n) is 5.56. The van der Waals surface area contributed by atoms with Crippen molar-refractivity contribution < 1.29 is 9.53 Å². The quantitative estimate of drug-likeness (QED) is 0.558. The van der Waals surface area contributed by atoms with E-state index in [0.29, 0.717) is 11.9 Å². The van der Waals surface area contributed by atoms with Crippen LogP contribution in [0.3, 0.4) is 0 Å². The number of ether oxygens (including phenoxy) is 1. The molecule has 2 saturated heterocycles. The molecule has 1 amide bonds. The van der Waals surface area contributed by atoms with Crippen molar-refractivity contribution in [2.45, 2.75) is 57.0 Å². The Bertz CT molecular complexity index is 1140. The summed E-state index contributed by atoms with van der Waals surface area (Å²) in [5.41, 5.74) is 3.15. The lowest BCUT2D eigenvalue weighted by atomic mass is 9.99.